The molecule has 2 N–H and O–H groups in total. The number of benzene rings is 1. The van der Waals surface area contributed by atoms with E-state index in [0.717, 1.165) is 5.52 Å². The number of carbonyl (C=O) groups excluding carboxylic acids is 1. The number of fused-ring (bicyclic) bond motifs is 1. The minimum Gasteiger partial charge on any atom is -0.396 e. The second-order valence-electron chi connectivity index (χ2n) is 6.16. The van der Waals surface area contributed by atoms with Crippen molar-refractivity contribution >= 4 is 16.9 Å². The first kappa shape index (κ1) is 15.4. The van der Waals surface area contributed by atoms with E-state index < -0.39 is 0 Å². The predicted octanol–water partition coefficient (Wildman–Crippen LogP) is 2.16. The molecular formula is C16H21N3O2. The molecule has 112 valence electrons. The Bertz CT molecular complexity index is 635. The standard InChI is InChI=1S/C16H21N3O2/c1-16(2,3)14(6-9-20)19-15(21)11-4-5-12-13(10-11)18-8-7-17-12/h4-5,7-8,10,14,20H,6,9H2,1-3H3,(H,19,21). The van der Waals surface area contributed by atoms with Crippen LogP contribution in [0.2, 0.25) is 0 Å². The first-order valence-corrected chi connectivity index (χ1v) is 7.04. The number of rotatable bonds is 4. The van der Waals surface area contributed by atoms with E-state index in [1.807, 2.05) is 20.8 Å². The second kappa shape index (κ2) is 6.18. The number of aromatic nitrogens is 2. The van der Waals surface area contributed by atoms with Crippen molar-refractivity contribution in [3.8, 4) is 0 Å². The van der Waals surface area contributed by atoms with Crippen molar-refractivity contribution in [3.63, 3.8) is 0 Å². The topological polar surface area (TPSA) is 75.1 Å². The molecular weight excluding hydrogens is 266 g/mol. The molecule has 5 nitrogen and oxygen atoms in total. The number of hydrogen-bond acceptors (Lipinski definition) is 4. The van der Waals surface area contributed by atoms with Gasteiger partial charge in [-0.3, -0.25) is 14.8 Å². The Hall–Kier alpha value is -2.01. The van der Waals surface area contributed by atoms with Crippen molar-refractivity contribution in [2.24, 2.45) is 5.41 Å². The molecule has 0 saturated heterocycles. The van der Waals surface area contributed by atoms with Crippen molar-refractivity contribution in [1.82, 2.24) is 15.3 Å². The molecule has 1 heterocycles. The summed E-state index contributed by atoms with van der Waals surface area (Å²) in [5, 5.41) is 12.1. The lowest BCUT2D eigenvalue weighted by atomic mass is 9.84. The van der Waals surface area contributed by atoms with E-state index in [2.05, 4.69) is 15.3 Å². The molecule has 1 aromatic carbocycles. The second-order valence-corrected chi connectivity index (χ2v) is 6.16. The summed E-state index contributed by atoms with van der Waals surface area (Å²) in [7, 11) is 0. The lowest BCUT2D eigenvalue weighted by Gasteiger charge is -2.31. The van der Waals surface area contributed by atoms with Crippen LogP contribution in [-0.2, 0) is 0 Å². The molecule has 0 aliphatic rings. The molecule has 21 heavy (non-hydrogen) atoms. The van der Waals surface area contributed by atoms with Crippen molar-refractivity contribution in [1.29, 1.82) is 0 Å². The highest BCUT2D eigenvalue weighted by molar-refractivity contribution is 5.97. The van der Waals surface area contributed by atoms with Crippen LogP contribution in [-0.4, -0.2) is 33.6 Å². The molecule has 2 rings (SSSR count). The molecule has 2 aromatic rings. The van der Waals surface area contributed by atoms with E-state index in [0.29, 0.717) is 17.5 Å². The third-order valence-electron chi connectivity index (χ3n) is 3.50. The highest BCUT2D eigenvalue weighted by Crippen LogP contribution is 2.22. The van der Waals surface area contributed by atoms with Crippen LogP contribution in [0.1, 0.15) is 37.6 Å². The Labute approximate surface area is 124 Å². The number of nitrogens with one attached hydrogen (secondary N) is 1. The van der Waals surface area contributed by atoms with E-state index in [-0.39, 0.29) is 24.0 Å². The highest BCUT2D eigenvalue weighted by Gasteiger charge is 2.26. The van der Waals surface area contributed by atoms with Crippen molar-refractivity contribution in [2.75, 3.05) is 6.61 Å². The van der Waals surface area contributed by atoms with E-state index in [1.165, 1.54) is 0 Å². The van der Waals surface area contributed by atoms with Crippen LogP contribution in [0.25, 0.3) is 11.0 Å². The largest absolute Gasteiger partial charge is 0.396 e. The molecule has 5 heteroatoms. The van der Waals surface area contributed by atoms with Gasteiger partial charge in [0.15, 0.2) is 0 Å². The third-order valence-corrected chi connectivity index (χ3v) is 3.50. The lowest BCUT2D eigenvalue weighted by molar-refractivity contribution is 0.0885. The van der Waals surface area contributed by atoms with Crippen molar-refractivity contribution < 1.29 is 9.90 Å². The summed E-state index contributed by atoms with van der Waals surface area (Å²) >= 11 is 0. The molecule has 0 aliphatic carbocycles. The highest BCUT2D eigenvalue weighted by atomic mass is 16.3. The fraction of sp³-hybridized carbons (Fsp3) is 0.438. The Kier molecular flexibility index (Phi) is 4.53. The lowest BCUT2D eigenvalue weighted by Crippen LogP contribution is -2.44. The monoisotopic (exact) mass is 287 g/mol. The zero-order valence-corrected chi connectivity index (χ0v) is 12.6. The average Bonchev–Trinajstić information content (AvgIpc) is 2.45. The van der Waals surface area contributed by atoms with Crippen LogP contribution in [0.5, 0.6) is 0 Å². The summed E-state index contributed by atoms with van der Waals surface area (Å²) < 4.78 is 0. The average molecular weight is 287 g/mol. The summed E-state index contributed by atoms with van der Waals surface area (Å²) in [5.41, 5.74) is 1.89. The zero-order chi connectivity index (χ0) is 15.5. The number of aliphatic hydroxyl groups is 1. The van der Waals surface area contributed by atoms with Crippen LogP contribution >= 0.6 is 0 Å². The van der Waals surface area contributed by atoms with Gasteiger partial charge in [-0.2, -0.15) is 0 Å². The summed E-state index contributed by atoms with van der Waals surface area (Å²) in [4.78, 5) is 20.8. The predicted molar refractivity (Wildman–Crippen MR) is 82.0 cm³/mol. The molecule has 0 aliphatic heterocycles. The summed E-state index contributed by atoms with van der Waals surface area (Å²) in [6, 6.07) is 5.17. The Morgan fingerprint density at radius 1 is 1.24 bits per heavy atom. The molecule has 0 fully saturated rings. The third kappa shape index (κ3) is 3.76. The van der Waals surface area contributed by atoms with Gasteiger partial charge in [0.2, 0.25) is 0 Å². The SMILES string of the molecule is CC(C)(C)C(CCO)NC(=O)c1ccc2nccnc2c1. The maximum absolute atomic E-state index is 12.4. The zero-order valence-electron chi connectivity index (χ0n) is 12.6. The van der Waals surface area contributed by atoms with Crippen LogP contribution in [0.3, 0.4) is 0 Å². The molecule has 1 unspecified atom stereocenters. The van der Waals surface area contributed by atoms with Gasteiger partial charge in [0.05, 0.1) is 11.0 Å². The summed E-state index contributed by atoms with van der Waals surface area (Å²) in [5.74, 6) is -0.157. The van der Waals surface area contributed by atoms with Gasteiger partial charge in [0.25, 0.3) is 5.91 Å². The normalized spacial score (nSPS) is 13.1. The maximum Gasteiger partial charge on any atom is 0.251 e. The van der Waals surface area contributed by atoms with Crippen LogP contribution < -0.4 is 5.32 Å². The number of carbonyl (C=O) groups is 1. The van der Waals surface area contributed by atoms with Gasteiger partial charge in [-0.25, -0.2) is 0 Å². The van der Waals surface area contributed by atoms with E-state index in [1.54, 1.807) is 30.6 Å². The smallest absolute Gasteiger partial charge is 0.251 e. The first-order chi connectivity index (χ1) is 9.91. The van der Waals surface area contributed by atoms with Crippen LogP contribution in [0, 0.1) is 5.41 Å². The van der Waals surface area contributed by atoms with Gasteiger partial charge in [-0.05, 0) is 30.0 Å². The fourth-order valence-corrected chi connectivity index (χ4v) is 2.20. The maximum atomic E-state index is 12.4. The summed E-state index contributed by atoms with van der Waals surface area (Å²) in [6.45, 7) is 6.17. The number of nitrogens with zero attached hydrogens (tertiary/aromatic N) is 2. The van der Waals surface area contributed by atoms with Gasteiger partial charge in [-0.15, -0.1) is 0 Å². The summed E-state index contributed by atoms with van der Waals surface area (Å²) in [6.07, 6.45) is 3.76. The van der Waals surface area contributed by atoms with E-state index in [4.69, 9.17) is 5.11 Å². The van der Waals surface area contributed by atoms with Gasteiger partial charge in [0, 0.05) is 30.6 Å². The first-order valence-electron chi connectivity index (χ1n) is 7.04. The molecule has 0 radical (unpaired) electrons. The number of aliphatic hydroxyl groups excluding tert-OH is 1. The minimum atomic E-state index is -0.157. The van der Waals surface area contributed by atoms with Gasteiger partial charge >= 0.3 is 0 Å². The van der Waals surface area contributed by atoms with Gasteiger partial charge in [-0.1, -0.05) is 20.8 Å². The Morgan fingerprint density at radius 2 is 1.90 bits per heavy atom. The fourth-order valence-electron chi connectivity index (χ4n) is 2.20. The molecule has 1 amide bonds. The van der Waals surface area contributed by atoms with Crippen LogP contribution in [0.4, 0.5) is 0 Å². The minimum absolute atomic E-state index is 0.0470. The molecule has 0 saturated carbocycles. The Balaban J connectivity index is 2.21. The van der Waals surface area contributed by atoms with Crippen molar-refractivity contribution in [2.45, 2.75) is 33.2 Å². The van der Waals surface area contributed by atoms with Crippen LogP contribution in [0.15, 0.2) is 30.6 Å². The number of hydrogen-bond donors (Lipinski definition) is 2. The quantitative estimate of drug-likeness (QED) is 0.903. The van der Waals surface area contributed by atoms with Gasteiger partial charge in [0.1, 0.15) is 0 Å². The molecule has 1 aromatic heterocycles. The van der Waals surface area contributed by atoms with E-state index in [9.17, 15) is 4.79 Å². The number of amides is 1. The van der Waals surface area contributed by atoms with E-state index >= 15 is 0 Å². The molecule has 0 spiro atoms. The van der Waals surface area contributed by atoms with Gasteiger partial charge < -0.3 is 10.4 Å². The molecule has 0 bridgehead atoms. The van der Waals surface area contributed by atoms with Crippen molar-refractivity contribution in [3.05, 3.63) is 36.2 Å². The molecule has 1 atom stereocenters. The Morgan fingerprint density at radius 3 is 2.52 bits per heavy atom.